The Morgan fingerprint density at radius 3 is 2.52 bits per heavy atom. The van der Waals surface area contributed by atoms with Gasteiger partial charge in [0.2, 0.25) is 5.91 Å². The zero-order valence-corrected chi connectivity index (χ0v) is 14.5. The Morgan fingerprint density at radius 1 is 1.04 bits per heavy atom. The van der Waals surface area contributed by atoms with Crippen molar-refractivity contribution in [2.75, 3.05) is 11.9 Å². The molecule has 6 heteroatoms. The lowest BCUT2D eigenvalue weighted by molar-refractivity contribution is -0.115. The molecule has 0 bridgehead atoms. The predicted octanol–water partition coefficient (Wildman–Crippen LogP) is 3.78. The van der Waals surface area contributed by atoms with Gasteiger partial charge in [-0.25, -0.2) is 4.79 Å². The van der Waals surface area contributed by atoms with E-state index in [1.54, 1.807) is 20.8 Å². The highest BCUT2D eigenvalue weighted by Crippen LogP contribution is 2.27. The maximum atomic E-state index is 12.0. The van der Waals surface area contributed by atoms with Gasteiger partial charge in [-0.3, -0.25) is 4.79 Å². The highest BCUT2D eigenvalue weighted by molar-refractivity contribution is 6.08. The summed E-state index contributed by atoms with van der Waals surface area (Å²) in [7, 11) is 0. The molecule has 3 rings (SSSR count). The molecule has 130 valence electrons. The molecule has 0 spiro atoms. The average Bonchev–Trinajstić information content (AvgIpc) is 2.89. The van der Waals surface area contributed by atoms with Crippen LogP contribution in [0.5, 0.6) is 0 Å². The van der Waals surface area contributed by atoms with Crippen molar-refractivity contribution in [1.29, 1.82) is 0 Å². The van der Waals surface area contributed by atoms with Gasteiger partial charge in [0.25, 0.3) is 0 Å². The molecule has 25 heavy (non-hydrogen) atoms. The number of amides is 2. The number of H-pyrrole nitrogens is 1. The van der Waals surface area contributed by atoms with E-state index in [0.29, 0.717) is 5.69 Å². The maximum Gasteiger partial charge on any atom is 0.408 e. The molecule has 2 aromatic carbocycles. The van der Waals surface area contributed by atoms with Crippen molar-refractivity contribution in [2.45, 2.75) is 26.4 Å². The predicted molar refractivity (Wildman–Crippen MR) is 98.7 cm³/mol. The quantitative estimate of drug-likeness (QED) is 0.679. The number of fused-ring (bicyclic) bond motifs is 3. The summed E-state index contributed by atoms with van der Waals surface area (Å²) in [5.41, 5.74) is 2.06. The van der Waals surface area contributed by atoms with E-state index in [2.05, 4.69) is 21.7 Å². The van der Waals surface area contributed by atoms with Gasteiger partial charge in [0.05, 0.1) is 0 Å². The third kappa shape index (κ3) is 4.09. The molecule has 2 amide bonds. The third-order valence-electron chi connectivity index (χ3n) is 3.58. The van der Waals surface area contributed by atoms with Crippen LogP contribution in [0.2, 0.25) is 0 Å². The molecule has 1 heterocycles. The normalized spacial score (nSPS) is 11.5. The van der Waals surface area contributed by atoms with Crippen LogP contribution in [0.15, 0.2) is 42.5 Å². The average molecular weight is 339 g/mol. The molecule has 0 atom stereocenters. The van der Waals surface area contributed by atoms with Crippen molar-refractivity contribution in [1.82, 2.24) is 10.3 Å². The second-order valence-electron chi connectivity index (χ2n) is 6.83. The molecule has 0 unspecified atom stereocenters. The van der Waals surface area contributed by atoms with Crippen LogP contribution in [0.1, 0.15) is 20.8 Å². The Labute approximate surface area is 145 Å². The SMILES string of the molecule is CC(C)(C)OC(=O)NCC(=O)Nc1ccc2c(c1)[nH]c1ccccc12. The molecule has 1 aromatic heterocycles. The van der Waals surface area contributed by atoms with E-state index in [9.17, 15) is 9.59 Å². The fourth-order valence-electron chi connectivity index (χ4n) is 2.60. The molecule has 0 aliphatic heterocycles. The molecule has 3 N–H and O–H groups in total. The summed E-state index contributed by atoms with van der Waals surface area (Å²) in [5, 5.41) is 7.44. The Balaban J connectivity index is 1.65. The Morgan fingerprint density at radius 2 is 1.76 bits per heavy atom. The van der Waals surface area contributed by atoms with Crippen LogP contribution in [0.25, 0.3) is 21.8 Å². The number of nitrogens with one attached hydrogen (secondary N) is 3. The minimum Gasteiger partial charge on any atom is -0.444 e. The van der Waals surface area contributed by atoms with Gasteiger partial charge in [-0.1, -0.05) is 24.3 Å². The summed E-state index contributed by atoms with van der Waals surface area (Å²) in [6.07, 6.45) is -0.617. The number of anilines is 1. The number of hydrogen-bond acceptors (Lipinski definition) is 3. The van der Waals surface area contributed by atoms with Gasteiger partial charge >= 0.3 is 6.09 Å². The first kappa shape index (κ1) is 16.8. The lowest BCUT2D eigenvalue weighted by Gasteiger charge is -2.19. The molecule has 6 nitrogen and oxygen atoms in total. The molecule has 0 saturated heterocycles. The molecule has 0 saturated carbocycles. The van der Waals surface area contributed by atoms with Crippen molar-refractivity contribution in [3.63, 3.8) is 0 Å². The first-order chi connectivity index (χ1) is 11.8. The van der Waals surface area contributed by atoms with E-state index >= 15 is 0 Å². The molecule has 0 radical (unpaired) electrons. The summed E-state index contributed by atoms with van der Waals surface area (Å²) in [4.78, 5) is 26.9. The van der Waals surface area contributed by atoms with Gasteiger partial charge in [-0.15, -0.1) is 0 Å². The number of aromatic nitrogens is 1. The number of ether oxygens (including phenoxy) is 1. The van der Waals surface area contributed by atoms with Crippen LogP contribution < -0.4 is 10.6 Å². The van der Waals surface area contributed by atoms with E-state index in [1.807, 2.05) is 36.4 Å². The fourth-order valence-corrected chi connectivity index (χ4v) is 2.60. The van der Waals surface area contributed by atoms with Crippen LogP contribution in [-0.4, -0.2) is 29.1 Å². The Bertz CT molecular complexity index is 938. The first-order valence-corrected chi connectivity index (χ1v) is 8.09. The van der Waals surface area contributed by atoms with Gasteiger partial charge in [0.1, 0.15) is 12.1 Å². The summed E-state index contributed by atoms with van der Waals surface area (Å²) < 4.78 is 5.09. The van der Waals surface area contributed by atoms with E-state index in [-0.39, 0.29) is 12.5 Å². The lowest BCUT2D eigenvalue weighted by Crippen LogP contribution is -2.37. The van der Waals surface area contributed by atoms with Crippen LogP contribution >= 0.6 is 0 Å². The number of para-hydroxylation sites is 1. The largest absolute Gasteiger partial charge is 0.444 e. The summed E-state index contributed by atoms with van der Waals surface area (Å²) in [5.74, 6) is -0.318. The van der Waals surface area contributed by atoms with Crippen LogP contribution in [0.4, 0.5) is 10.5 Å². The number of rotatable bonds is 3. The van der Waals surface area contributed by atoms with Crippen molar-refractivity contribution < 1.29 is 14.3 Å². The van der Waals surface area contributed by atoms with E-state index in [4.69, 9.17) is 4.74 Å². The standard InChI is InChI=1S/C19H21N3O3/c1-19(2,3)25-18(24)20-11-17(23)21-12-8-9-14-13-6-4-5-7-15(13)22-16(14)10-12/h4-10,22H,11H2,1-3H3,(H,20,24)(H,21,23). The topological polar surface area (TPSA) is 83.2 Å². The van der Waals surface area contributed by atoms with E-state index in [0.717, 1.165) is 21.8 Å². The minimum absolute atomic E-state index is 0.153. The van der Waals surface area contributed by atoms with Gasteiger partial charge in [-0.05, 0) is 39.0 Å². The van der Waals surface area contributed by atoms with Crippen LogP contribution in [-0.2, 0) is 9.53 Å². The van der Waals surface area contributed by atoms with Crippen LogP contribution in [0, 0.1) is 0 Å². The summed E-state index contributed by atoms with van der Waals surface area (Å²) in [6.45, 7) is 5.15. The maximum absolute atomic E-state index is 12.0. The molecule has 3 aromatic rings. The second-order valence-corrected chi connectivity index (χ2v) is 6.83. The monoisotopic (exact) mass is 339 g/mol. The molecule has 0 aliphatic rings. The smallest absolute Gasteiger partial charge is 0.408 e. The van der Waals surface area contributed by atoms with Gasteiger partial charge in [-0.2, -0.15) is 0 Å². The Kier molecular flexibility index (Phi) is 4.35. The van der Waals surface area contributed by atoms with Gasteiger partial charge in [0, 0.05) is 27.5 Å². The zero-order valence-electron chi connectivity index (χ0n) is 14.5. The number of hydrogen-bond donors (Lipinski definition) is 3. The Hall–Kier alpha value is -3.02. The van der Waals surface area contributed by atoms with Crippen molar-refractivity contribution in [3.05, 3.63) is 42.5 Å². The van der Waals surface area contributed by atoms with Crippen LogP contribution in [0.3, 0.4) is 0 Å². The van der Waals surface area contributed by atoms with Crippen molar-refractivity contribution >= 4 is 39.5 Å². The van der Waals surface area contributed by atoms with E-state index in [1.165, 1.54) is 0 Å². The number of carbonyl (C=O) groups excluding carboxylic acids is 2. The molecule has 0 aliphatic carbocycles. The highest BCUT2D eigenvalue weighted by atomic mass is 16.6. The van der Waals surface area contributed by atoms with Gasteiger partial charge < -0.3 is 20.4 Å². The highest BCUT2D eigenvalue weighted by Gasteiger charge is 2.16. The number of benzene rings is 2. The first-order valence-electron chi connectivity index (χ1n) is 8.09. The summed E-state index contributed by atoms with van der Waals surface area (Å²) in [6, 6.07) is 13.7. The lowest BCUT2D eigenvalue weighted by atomic mass is 10.1. The van der Waals surface area contributed by atoms with Crippen molar-refractivity contribution in [2.24, 2.45) is 0 Å². The third-order valence-corrected chi connectivity index (χ3v) is 3.58. The molecular weight excluding hydrogens is 318 g/mol. The number of carbonyl (C=O) groups is 2. The minimum atomic E-state index is -0.617. The number of aromatic amines is 1. The second kappa shape index (κ2) is 6.47. The molecular formula is C19H21N3O3. The van der Waals surface area contributed by atoms with E-state index < -0.39 is 11.7 Å². The fraction of sp³-hybridized carbons (Fsp3) is 0.263. The molecule has 0 fully saturated rings. The number of alkyl carbamates (subject to hydrolysis) is 1. The van der Waals surface area contributed by atoms with Gasteiger partial charge in [0.15, 0.2) is 0 Å². The summed E-state index contributed by atoms with van der Waals surface area (Å²) >= 11 is 0. The van der Waals surface area contributed by atoms with Crippen molar-refractivity contribution in [3.8, 4) is 0 Å². The zero-order chi connectivity index (χ0) is 18.0.